The van der Waals surface area contributed by atoms with Crippen LogP contribution < -0.4 is 5.43 Å². The monoisotopic (exact) mass is 331 g/mol. The second-order valence-corrected chi connectivity index (χ2v) is 5.35. The zero-order valence-corrected chi connectivity index (χ0v) is 13.0. The molecule has 3 rings (SSSR count). The van der Waals surface area contributed by atoms with Gasteiger partial charge in [-0.25, -0.2) is 0 Å². The predicted octanol–water partition coefficient (Wildman–Crippen LogP) is 5.20. The highest BCUT2D eigenvalue weighted by Gasteiger charge is 2.33. The Morgan fingerprint density at radius 1 is 1.12 bits per heavy atom. The maximum atomic E-state index is 12.9. The van der Waals surface area contributed by atoms with Crippen molar-refractivity contribution in [3.63, 3.8) is 0 Å². The molecule has 0 unspecified atom stereocenters. The van der Waals surface area contributed by atoms with E-state index in [9.17, 15) is 13.2 Å². The number of nitrogens with one attached hydrogen (secondary N) is 2. The van der Waals surface area contributed by atoms with E-state index in [0.29, 0.717) is 0 Å². The first kappa shape index (κ1) is 16.1. The van der Waals surface area contributed by atoms with Crippen LogP contribution in [0.25, 0.3) is 10.9 Å². The molecule has 0 spiro atoms. The lowest BCUT2D eigenvalue weighted by molar-refractivity contribution is -0.136. The number of hydrogen-bond donors (Lipinski definition) is 2. The smallest absolute Gasteiger partial charge is 0.360 e. The van der Waals surface area contributed by atoms with E-state index in [2.05, 4.69) is 22.4 Å². The number of hydrazone groups is 1. The van der Waals surface area contributed by atoms with E-state index in [-0.39, 0.29) is 5.69 Å². The summed E-state index contributed by atoms with van der Waals surface area (Å²) in [5.74, 6) is 0. The summed E-state index contributed by atoms with van der Waals surface area (Å²) in [5.41, 5.74) is 4.70. The van der Waals surface area contributed by atoms with Crippen molar-refractivity contribution in [3.05, 3.63) is 65.4 Å². The molecule has 0 bridgehead atoms. The fraction of sp³-hybridized carbons (Fsp3) is 0.167. The van der Waals surface area contributed by atoms with E-state index < -0.39 is 11.7 Å². The summed E-state index contributed by atoms with van der Waals surface area (Å²) >= 11 is 0. The van der Waals surface area contributed by atoms with Crippen LogP contribution in [-0.2, 0) is 12.6 Å². The third kappa shape index (κ3) is 3.13. The average molecular weight is 331 g/mol. The molecule has 0 amide bonds. The summed E-state index contributed by atoms with van der Waals surface area (Å²) in [6.45, 7) is 2.07. The van der Waals surface area contributed by atoms with E-state index in [1.54, 1.807) is 6.20 Å². The molecular weight excluding hydrogens is 315 g/mol. The quantitative estimate of drug-likeness (QED) is 0.501. The van der Waals surface area contributed by atoms with Gasteiger partial charge in [-0.05, 0) is 24.1 Å². The minimum atomic E-state index is -4.42. The van der Waals surface area contributed by atoms with Gasteiger partial charge in [-0.1, -0.05) is 37.3 Å². The van der Waals surface area contributed by atoms with Gasteiger partial charge in [-0.2, -0.15) is 18.3 Å². The van der Waals surface area contributed by atoms with E-state index in [4.69, 9.17) is 0 Å². The molecule has 6 heteroatoms. The number of nitrogens with zero attached hydrogens (tertiary/aromatic N) is 1. The Morgan fingerprint density at radius 3 is 2.67 bits per heavy atom. The third-order valence-corrected chi connectivity index (χ3v) is 3.84. The first-order chi connectivity index (χ1) is 11.5. The van der Waals surface area contributed by atoms with Crippen molar-refractivity contribution in [1.82, 2.24) is 4.98 Å². The molecule has 2 aromatic carbocycles. The van der Waals surface area contributed by atoms with Crippen LogP contribution in [0, 0.1) is 0 Å². The molecule has 3 aromatic rings. The maximum absolute atomic E-state index is 12.9. The van der Waals surface area contributed by atoms with Gasteiger partial charge in [-0.15, -0.1) is 0 Å². The van der Waals surface area contributed by atoms with Crippen molar-refractivity contribution in [3.8, 4) is 0 Å². The molecule has 0 saturated carbocycles. The third-order valence-electron chi connectivity index (χ3n) is 3.84. The molecule has 1 aromatic heterocycles. The van der Waals surface area contributed by atoms with Crippen LogP contribution in [0.3, 0.4) is 0 Å². The number of aromatic nitrogens is 1. The van der Waals surface area contributed by atoms with Crippen LogP contribution in [0.1, 0.15) is 23.6 Å². The molecule has 2 N–H and O–H groups in total. The molecule has 0 atom stereocenters. The Morgan fingerprint density at radius 2 is 1.92 bits per heavy atom. The van der Waals surface area contributed by atoms with Crippen molar-refractivity contribution < 1.29 is 13.2 Å². The summed E-state index contributed by atoms with van der Waals surface area (Å²) in [4.78, 5) is 3.19. The first-order valence-corrected chi connectivity index (χ1v) is 7.55. The van der Waals surface area contributed by atoms with Gasteiger partial charge in [0.1, 0.15) is 0 Å². The maximum Gasteiger partial charge on any atom is 0.418 e. The summed E-state index contributed by atoms with van der Waals surface area (Å²) in [5, 5.41) is 4.96. The number of fused-ring (bicyclic) bond motifs is 1. The molecule has 0 aliphatic rings. The lowest BCUT2D eigenvalue weighted by Crippen LogP contribution is -2.08. The molecule has 124 valence electrons. The van der Waals surface area contributed by atoms with Gasteiger partial charge in [0.15, 0.2) is 0 Å². The molecule has 3 nitrogen and oxygen atoms in total. The van der Waals surface area contributed by atoms with Crippen molar-refractivity contribution in [2.45, 2.75) is 19.5 Å². The van der Waals surface area contributed by atoms with Crippen molar-refractivity contribution in [1.29, 1.82) is 0 Å². The highest BCUT2D eigenvalue weighted by atomic mass is 19.4. The number of aryl methyl sites for hydroxylation is 1. The number of H-pyrrole nitrogens is 1. The molecule has 0 aliphatic heterocycles. The lowest BCUT2D eigenvalue weighted by atomic mass is 10.1. The summed E-state index contributed by atoms with van der Waals surface area (Å²) in [7, 11) is 0. The number of rotatable bonds is 4. The normalized spacial score (nSPS) is 12.2. The van der Waals surface area contributed by atoms with Gasteiger partial charge in [0.2, 0.25) is 0 Å². The highest BCUT2D eigenvalue weighted by Crippen LogP contribution is 2.34. The van der Waals surface area contributed by atoms with Crippen LogP contribution in [-0.4, -0.2) is 11.2 Å². The second kappa shape index (κ2) is 6.39. The summed E-state index contributed by atoms with van der Waals surface area (Å²) < 4.78 is 38.8. The number of benzene rings is 2. The standard InChI is InChI=1S/C18H16F3N3/c1-2-12-6-5-7-14-13(10-22-17(12)14)11-23-24-16-9-4-3-8-15(16)18(19,20)21/h3-11,22,24H,2H2,1H3/b23-11+. The van der Waals surface area contributed by atoms with E-state index in [1.165, 1.54) is 30.0 Å². The summed E-state index contributed by atoms with van der Waals surface area (Å²) in [6.07, 6.45) is -0.211. The van der Waals surface area contributed by atoms with Gasteiger partial charge < -0.3 is 4.98 Å². The van der Waals surface area contributed by atoms with Crippen LogP contribution in [0.2, 0.25) is 0 Å². The Kier molecular flexibility index (Phi) is 4.29. The van der Waals surface area contributed by atoms with E-state index >= 15 is 0 Å². The zero-order chi connectivity index (χ0) is 17.2. The molecule has 0 fully saturated rings. The van der Waals surface area contributed by atoms with E-state index in [0.717, 1.165) is 29.0 Å². The van der Waals surface area contributed by atoms with Gasteiger partial charge in [-0.3, -0.25) is 5.43 Å². The molecule has 24 heavy (non-hydrogen) atoms. The topological polar surface area (TPSA) is 40.2 Å². The molecule has 0 aliphatic carbocycles. The fourth-order valence-electron chi connectivity index (χ4n) is 2.64. The fourth-order valence-corrected chi connectivity index (χ4v) is 2.64. The minimum absolute atomic E-state index is 0.0738. The minimum Gasteiger partial charge on any atom is -0.360 e. The number of halogens is 3. The Hall–Kier alpha value is -2.76. The van der Waals surface area contributed by atoms with Crippen molar-refractivity contribution in [2.75, 3.05) is 5.43 Å². The van der Waals surface area contributed by atoms with Crippen LogP contribution >= 0.6 is 0 Å². The average Bonchev–Trinajstić information content (AvgIpc) is 2.98. The SMILES string of the molecule is CCc1cccc2c(/C=N/Nc3ccccc3C(F)(F)F)c[nH]c12. The number of hydrogen-bond acceptors (Lipinski definition) is 2. The first-order valence-electron chi connectivity index (χ1n) is 7.55. The Labute approximate surface area is 137 Å². The van der Waals surface area contributed by atoms with Gasteiger partial charge in [0.05, 0.1) is 17.5 Å². The van der Waals surface area contributed by atoms with Crippen molar-refractivity contribution >= 4 is 22.8 Å². The lowest BCUT2D eigenvalue weighted by Gasteiger charge is -2.11. The molecule has 0 saturated heterocycles. The zero-order valence-electron chi connectivity index (χ0n) is 13.0. The van der Waals surface area contributed by atoms with Crippen LogP contribution in [0.15, 0.2) is 53.8 Å². The van der Waals surface area contributed by atoms with Crippen molar-refractivity contribution in [2.24, 2.45) is 5.10 Å². The number of alkyl halides is 3. The van der Waals surface area contributed by atoms with Gasteiger partial charge in [0, 0.05) is 22.7 Å². The number of aromatic amines is 1. The van der Waals surface area contributed by atoms with Crippen LogP contribution in [0.5, 0.6) is 0 Å². The predicted molar refractivity (Wildman–Crippen MR) is 90.3 cm³/mol. The molecule has 1 heterocycles. The summed E-state index contributed by atoms with van der Waals surface area (Å²) in [6, 6.07) is 11.2. The van der Waals surface area contributed by atoms with Gasteiger partial charge >= 0.3 is 6.18 Å². The Bertz CT molecular complexity index is 879. The highest BCUT2D eigenvalue weighted by molar-refractivity contribution is 6.00. The molecular formula is C18H16F3N3. The molecule has 0 radical (unpaired) electrons. The number of para-hydroxylation sites is 2. The largest absolute Gasteiger partial charge is 0.418 e. The Balaban J connectivity index is 1.86. The van der Waals surface area contributed by atoms with Gasteiger partial charge in [0.25, 0.3) is 0 Å². The van der Waals surface area contributed by atoms with E-state index in [1.807, 2.05) is 18.2 Å². The second-order valence-electron chi connectivity index (χ2n) is 5.35. The van der Waals surface area contributed by atoms with Crippen LogP contribution in [0.4, 0.5) is 18.9 Å². The number of anilines is 1.